The van der Waals surface area contributed by atoms with Crippen LogP contribution in [0, 0.1) is 5.92 Å². The van der Waals surface area contributed by atoms with E-state index in [1.807, 2.05) is 0 Å². The molecule has 1 atom stereocenters. The first-order chi connectivity index (χ1) is 7.16. The lowest BCUT2D eigenvalue weighted by Gasteiger charge is -2.10. The molecule has 0 radical (unpaired) electrons. The fourth-order valence-corrected chi connectivity index (χ4v) is 1.52. The molecule has 0 heterocycles. The molecule has 0 bridgehead atoms. The summed E-state index contributed by atoms with van der Waals surface area (Å²) >= 11 is 0. The van der Waals surface area contributed by atoms with E-state index in [1.54, 1.807) is 0 Å². The van der Waals surface area contributed by atoms with E-state index in [0.29, 0.717) is 5.92 Å². The number of hydrogen-bond donors (Lipinski definition) is 1. The van der Waals surface area contributed by atoms with Gasteiger partial charge in [0.05, 0.1) is 0 Å². The van der Waals surface area contributed by atoms with Gasteiger partial charge in [0.15, 0.2) is 0 Å². The molecule has 0 aromatic rings. The lowest BCUT2D eigenvalue weighted by atomic mass is 10.1. The van der Waals surface area contributed by atoms with Gasteiger partial charge in [-0.15, -0.1) is 0 Å². The van der Waals surface area contributed by atoms with E-state index < -0.39 is 5.97 Å². The molecule has 1 N–H and O–H groups in total. The maximum absolute atomic E-state index is 10.2. The van der Waals surface area contributed by atoms with Gasteiger partial charge in [-0.25, -0.2) is 0 Å². The molecule has 1 unspecified atom stereocenters. The van der Waals surface area contributed by atoms with Crippen molar-refractivity contribution in [1.29, 1.82) is 0 Å². The average molecular weight is 216 g/mol. The standard InChI is InChI=1S/C12H24O3/c1-3-7-11(2)10-15-9-6-4-5-8-12(13)14/h11H,3-10H2,1-2H3,(H,13,14). The van der Waals surface area contributed by atoms with Crippen molar-refractivity contribution in [3.63, 3.8) is 0 Å². The van der Waals surface area contributed by atoms with Crippen molar-refractivity contribution >= 4 is 5.97 Å². The van der Waals surface area contributed by atoms with E-state index >= 15 is 0 Å². The molecule has 0 rings (SSSR count). The summed E-state index contributed by atoms with van der Waals surface area (Å²) in [5.41, 5.74) is 0. The number of carbonyl (C=O) groups is 1. The summed E-state index contributed by atoms with van der Waals surface area (Å²) in [5.74, 6) is -0.0542. The lowest BCUT2D eigenvalue weighted by molar-refractivity contribution is -0.137. The maximum Gasteiger partial charge on any atom is 0.303 e. The largest absolute Gasteiger partial charge is 0.481 e. The van der Waals surface area contributed by atoms with Crippen LogP contribution in [0.1, 0.15) is 52.4 Å². The van der Waals surface area contributed by atoms with Gasteiger partial charge in [0.1, 0.15) is 0 Å². The third-order valence-electron chi connectivity index (χ3n) is 2.36. The van der Waals surface area contributed by atoms with Crippen molar-refractivity contribution in [2.24, 2.45) is 5.92 Å². The molecule has 0 saturated heterocycles. The van der Waals surface area contributed by atoms with Crippen molar-refractivity contribution in [2.75, 3.05) is 13.2 Å². The first-order valence-corrected chi connectivity index (χ1v) is 5.96. The molecule has 0 aliphatic carbocycles. The zero-order valence-electron chi connectivity index (χ0n) is 10.00. The highest BCUT2D eigenvalue weighted by molar-refractivity contribution is 5.66. The highest BCUT2D eigenvalue weighted by atomic mass is 16.5. The van der Waals surface area contributed by atoms with Crippen molar-refractivity contribution in [3.05, 3.63) is 0 Å². The predicted octanol–water partition coefficient (Wildman–Crippen LogP) is 3.08. The smallest absolute Gasteiger partial charge is 0.303 e. The second-order valence-corrected chi connectivity index (χ2v) is 4.17. The summed E-state index contributed by atoms with van der Waals surface area (Å²) in [6, 6.07) is 0. The summed E-state index contributed by atoms with van der Waals surface area (Å²) in [6.45, 7) is 6.00. The van der Waals surface area contributed by atoms with Crippen molar-refractivity contribution in [3.8, 4) is 0 Å². The fourth-order valence-electron chi connectivity index (χ4n) is 1.52. The van der Waals surface area contributed by atoms with Gasteiger partial charge in [0.25, 0.3) is 0 Å². The van der Waals surface area contributed by atoms with Crippen LogP contribution >= 0.6 is 0 Å². The third-order valence-corrected chi connectivity index (χ3v) is 2.36. The highest BCUT2D eigenvalue weighted by Crippen LogP contribution is 2.06. The molecule has 0 saturated carbocycles. The topological polar surface area (TPSA) is 46.5 Å². The molecule has 0 aromatic carbocycles. The van der Waals surface area contributed by atoms with E-state index in [0.717, 1.165) is 32.5 Å². The van der Waals surface area contributed by atoms with Crippen LogP contribution in [0.2, 0.25) is 0 Å². The van der Waals surface area contributed by atoms with Gasteiger partial charge < -0.3 is 9.84 Å². The second-order valence-electron chi connectivity index (χ2n) is 4.17. The number of rotatable bonds is 10. The summed E-state index contributed by atoms with van der Waals surface area (Å²) in [4.78, 5) is 10.2. The monoisotopic (exact) mass is 216 g/mol. The van der Waals surface area contributed by atoms with Gasteiger partial charge in [-0.05, 0) is 25.2 Å². The molecule has 0 aliphatic heterocycles. The van der Waals surface area contributed by atoms with E-state index in [1.165, 1.54) is 12.8 Å². The quantitative estimate of drug-likeness (QED) is 0.571. The number of carboxylic acids is 1. The van der Waals surface area contributed by atoms with Crippen molar-refractivity contribution in [1.82, 2.24) is 0 Å². The van der Waals surface area contributed by atoms with Gasteiger partial charge in [-0.2, -0.15) is 0 Å². The summed E-state index contributed by atoms with van der Waals surface area (Å²) in [7, 11) is 0. The van der Waals surface area contributed by atoms with Gasteiger partial charge in [-0.3, -0.25) is 4.79 Å². The SMILES string of the molecule is CCCC(C)COCCCCCC(=O)O. The zero-order valence-corrected chi connectivity index (χ0v) is 10.00. The lowest BCUT2D eigenvalue weighted by Crippen LogP contribution is -2.06. The van der Waals surface area contributed by atoms with E-state index in [4.69, 9.17) is 9.84 Å². The summed E-state index contributed by atoms with van der Waals surface area (Å²) < 4.78 is 5.51. The van der Waals surface area contributed by atoms with Crippen molar-refractivity contribution in [2.45, 2.75) is 52.4 Å². The van der Waals surface area contributed by atoms with Crippen LogP contribution < -0.4 is 0 Å². The molecule has 0 aromatic heterocycles. The second kappa shape index (κ2) is 9.97. The Morgan fingerprint density at radius 3 is 2.67 bits per heavy atom. The molecular formula is C12H24O3. The number of hydrogen-bond acceptors (Lipinski definition) is 2. The zero-order chi connectivity index (χ0) is 11.5. The molecule has 0 amide bonds. The van der Waals surface area contributed by atoms with Gasteiger partial charge in [0.2, 0.25) is 0 Å². The van der Waals surface area contributed by atoms with Crippen LogP contribution in [-0.2, 0) is 9.53 Å². The number of carboxylic acid groups (broad SMARTS) is 1. The Morgan fingerprint density at radius 1 is 1.33 bits per heavy atom. The number of unbranched alkanes of at least 4 members (excludes halogenated alkanes) is 2. The Hall–Kier alpha value is -0.570. The van der Waals surface area contributed by atoms with E-state index in [-0.39, 0.29) is 6.42 Å². The fraction of sp³-hybridized carbons (Fsp3) is 0.917. The van der Waals surface area contributed by atoms with E-state index in [2.05, 4.69) is 13.8 Å². The van der Waals surface area contributed by atoms with Crippen LogP contribution in [0.5, 0.6) is 0 Å². The Balaban J connectivity index is 3.07. The van der Waals surface area contributed by atoms with Crippen LogP contribution in [0.3, 0.4) is 0 Å². The molecule has 3 heteroatoms. The first-order valence-electron chi connectivity index (χ1n) is 5.96. The normalized spacial score (nSPS) is 12.7. The Bertz CT molecular complexity index is 157. The molecular weight excluding hydrogens is 192 g/mol. The van der Waals surface area contributed by atoms with Crippen LogP contribution in [-0.4, -0.2) is 24.3 Å². The van der Waals surface area contributed by atoms with Gasteiger partial charge >= 0.3 is 5.97 Å². The van der Waals surface area contributed by atoms with E-state index in [9.17, 15) is 4.79 Å². The Labute approximate surface area is 92.8 Å². The number of ether oxygens (including phenoxy) is 1. The van der Waals surface area contributed by atoms with Gasteiger partial charge in [0, 0.05) is 19.6 Å². The molecule has 0 fully saturated rings. The number of aliphatic carboxylic acids is 1. The minimum absolute atomic E-state index is 0.284. The van der Waals surface area contributed by atoms with Crippen molar-refractivity contribution < 1.29 is 14.6 Å². The molecule has 0 spiro atoms. The summed E-state index contributed by atoms with van der Waals surface area (Å²) in [5, 5.41) is 8.42. The van der Waals surface area contributed by atoms with Gasteiger partial charge in [-0.1, -0.05) is 26.7 Å². The average Bonchev–Trinajstić information content (AvgIpc) is 2.16. The van der Waals surface area contributed by atoms with Crippen LogP contribution in [0.4, 0.5) is 0 Å². The minimum Gasteiger partial charge on any atom is -0.481 e. The minimum atomic E-state index is -0.701. The molecule has 0 aliphatic rings. The first kappa shape index (κ1) is 14.4. The third kappa shape index (κ3) is 11.4. The Kier molecular flexibility index (Phi) is 9.59. The predicted molar refractivity (Wildman–Crippen MR) is 61.0 cm³/mol. The van der Waals surface area contributed by atoms with Crippen LogP contribution in [0.25, 0.3) is 0 Å². The maximum atomic E-state index is 10.2. The highest BCUT2D eigenvalue weighted by Gasteiger charge is 2.00. The summed E-state index contributed by atoms with van der Waals surface area (Å²) in [6.07, 6.45) is 5.41. The molecule has 3 nitrogen and oxygen atoms in total. The molecule has 90 valence electrons. The molecule has 15 heavy (non-hydrogen) atoms. The Morgan fingerprint density at radius 2 is 2.07 bits per heavy atom. The van der Waals surface area contributed by atoms with Crippen LogP contribution in [0.15, 0.2) is 0 Å².